The second-order valence-electron chi connectivity index (χ2n) is 7.53. The SMILES string of the molecule is C=CC(=O)NCCOCCOCCOCCOCCOCCOCCOC(C)(C)CCC. The van der Waals surface area contributed by atoms with Crippen molar-refractivity contribution < 1.29 is 38.0 Å². The van der Waals surface area contributed by atoms with Gasteiger partial charge in [0.2, 0.25) is 5.91 Å². The van der Waals surface area contributed by atoms with Gasteiger partial charge in [0, 0.05) is 6.54 Å². The Labute approximate surface area is 194 Å². The quantitative estimate of drug-likeness (QED) is 0.162. The van der Waals surface area contributed by atoms with Gasteiger partial charge in [-0.25, -0.2) is 0 Å². The summed E-state index contributed by atoms with van der Waals surface area (Å²) in [5.74, 6) is -0.202. The van der Waals surface area contributed by atoms with Crippen LogP contribution in [0.2, 0.25) is 0 Å². The fraction of sp³-hybridized carbons (Fsp3) is 0.870. The molecule has 0 aromatic heterocycles. The van der Waals surface area contributed by atoms with Gasteiger partial charge in [0.05, 0.1) is 91.5 Å². The number of hydrogen-bond donors (Lipinski definition) is 1. The zero-order valence-electron chi connectivity index (χ0n) is 20.4. The summed E-state index contributed by atoms with van der Waals surface area (Å²) in [6.07, 6.45) is 3.39. The molecule has 0 radical (unpaired) electrons. The molecule has 190 valence electrons. The standard InChI is InChI=1S/C23H45NO8/c1-5-7-23(3,4)32-21-20-31-19-18-30-17-16-29-15-14-28-13-12-27-11-10-26-9-8-24-22(25)6-2/h6H,2,5,7-21H2,1,3-4H3,(H,24,25). The Hall–Kier alpha value is -1.07. The van der Waals surface area contributed by atoms with Crippen molar-refractivity contribution in [3.8, 4) is 0 Å². The fourth-order valence-electron chi connectivity index (χ4n) is 2.57. The molecule has 0 rings (SSSR count). The highest BCUT2D eigenvalue weighted by Gasteiger charge is 2.16. The van der Waals surface area contributed by atoms with Gasteiger partial charge in [0.25, 0.3) is 0 Å². The Balaban J connectivity index is 3.12. The maximum atomic E-state index is 10.9. The molecule has 0 aliphatic rings. The molecule has 0 atom stereocenters. The van der Waals surface area contributed by atoms with Gasteiger partial charge in [0.15, 0.2) is 0 Å². The Morgan fingerprint density at radius 1 is 0.719 bits per heavy atom. The average Bonchev–Trinajstić information content (AvgIpc) is 2.76. The zero-order valence-corrected chi connectivity index (χ0v) is 20.4. The van der Waals surface area contributed by atoms with Crippen LogP contribution in [0.5, 0.6) is 0 Å². The number of hydrogen-bond acceptors (Lipinski definition) is 8. The summed E-state index contributed by atoms with van der Waals surface area (Å²) < 4.78 is 38.3. The predicted molar refractivity (Wildman–Crippen MR) is 123 cm³/mol. The Kier molecular flexibility index (Phi) is 22.3. The molecule has 1 N–H and O–H groups in total. The van der Waals surface area contributed by atoms with Crippen LogP contribution in [0.25, 0.3) is 0 Å². The fourth-order valence-corrected chi connectivity index (χ4v) is 2.57. The highest BCUT2D eigenvalue weighted by Crippen LogP contribution is 2.15. The molecule has 32 heavy (non-hydrogen) atoms. The number of nitrogens with one attached hydrogen (secondary N) is 1. The van der Waals surface area contributed by atoms with Crippen molar-refractivity contribution in [3.63, 3.8) is 0 Å². The van der Waals surface area contributed by atoms with Gasteiger partial charge in [0.1, 0.15) is 0 Å². The predicted octanol–water partition coefficient (Wildman–Crippen LogP) is 1.98. The van der Waals surface area contributed by atoms with Crippen LogP contribution < -0.4 is 5.32 Å². The van der Waals surface area contributed by atoms with E-state index in [1.165, 1.54) is 6.08 Å². The Bertz CT molecular complexity index is 434. The molecule has 9 nitrogen and oxygen atoms in total. The van der Waals surface area contributed by atoms with Crippen molar-refractivity contribution in [2.45, 2.75) is 39.2 Å². The number of amides is 1. The number of carbonyl (C=O) groups excluding carboxylic acids is 1. The molecule has 0 aromatic carbocycles. The molecule has 0 unspecified atom stereocenters. The molecule has 1 amide bonds. The van der Waals surface area contributed by atoms with Crippen molar-refractivity contribution in [2.75, 3.05) is 92.4 Å². The summed E-state index contributed by atoms with van der Waals surface area (Å²) in [5.41, 5.74) is -0.0783. The van der Waals surface area contributed by atoms with E-state index in [0.717, 1.165) is 12.8 Å². The lowest BCUT2D eigenvalue weighted by Crippen LogP contribution is -2.26. The number of rotatable bonds is 25. The van der Waals surface area contributed by atoms with Crippen molar-refractivity contribution in [1.29, 1.82) is 0 Å². The molecule has 0 saturated heterocycles. The van der Waals surface area contributed by atoms with Crippen LogP contribution in [0.15, 0.2) is 12.7 Å². The van der Waals surface area contributed by atoms with Crippen LogP contribution in [0.4, 0.5) is 0 Å². The minimum atomic E-state index is -0.202. The third kappa shape index (κ3) is 23.6. The summed E-state index contributed by atoms with van der Waals surface area (Å²) >= 11 is 0. The first kappa shape index (κ1) is 30.9. The summed E-state index contributed by atoms with van der Waals surface area (Å²) in [6.45, 7) is 17.0. The first-order valence-electron chi connectivity index (χ1n) is 11.5. The average molecular weight is 464 g/mol. The molecule has 0 aliphatic carbocycles. The maximum Gasteiger partial charge on any atom is 0.243 e. The molecule has 0 bridgehead atoms. The second kappa shape index (κ2) is 23.1. The van der Waals surface area contributed by atoms with E-state index >= 15 is 0 Å². The van der Waals surface area contributed by atoms with E-state index < -0.39 is 0 Å². The first-order valence-corrected chi connectivity index (χ1v) is 11.5. The van der Waals surface area contributed by atoms with Gasteiger partial charge < -0.3 is 38.5 Å². The van der Waals surface area contributed by atoms with Gasteiger partial charge in [-0.1, -0.05) is 19.9 Å². The van der Waals surface area contributed by atoms with E-state index in [1.807, 2.05) is 0 Å². The summed E-state index contributed by atoms with van der Waals surface area (Å²) in [6, 6.07) is 0. The number of ether oxygens (including phenoxy) is 7. The topological polar surface area (TPSA) is 93.7 Å². The van der Waals surface area contributed by atoms with Gasteiger partial charge in [-0.2, -0.15) is 0 Å². The monoisotopic (exact) mass is 463 g/mol. The van der Waals surface area contributed by atoms with E-state index in [9.17, 15) is 4.79 Å². The van der Waals surface area contributed by atoms with E-state index in [-0.39, 0.29) is 11.5 Å². The van der Waals surface area contributed by atoms with E-state index in [2.05, 4.69) is 32.7 Å². The minimum Gasteiger partial charge on any atom is -0.377 e. The molecule has 0 aromatic rings. The molecule has 0 heterocycles. The van der Waals surface area contributed by atoms with Gasteiger partial charge in [-0.15, -0.1) is 0 Å². The molecular weight excluding hydrogens is 418 g/mol. The van der Waals surface area contributed by atoms with E-state index in [1.54, 1.807) is 0 Å². The Morgan fingerprint density at radius 2 is 1.09 bits per heavy atom. The third-order valence-corrected chi connectivity index (χ3v) is 4.16. The first-order chi connectivity index (χ1) is 15.5. The van der Waals surface area contributed by atoms with Crippen LogP contribution in [0, 0.1) is 0 Å². The molecular formula is C23H45NO8. The van der Waals surface area contributed by atoms with Crippen LogP contribution >= 0.6 is 0 Å². The molecule has 9 heteroatoms. The molecule has 0 aliphatic heterocycles. The summed E-state index contributed by atoms with van der Waals surface area (Å²) in [7, 11) is 0. The smallest absolute Gasteiger partial charge is 0.243 e. The zero-order chi connectivity index (χ0) is 23.8. The largest absolute Gasteiger partial charge is 0.377 e. The van der Waals surface area contributed by atoms with Crippen LogP contribution in [0.1, 0.15) is 33.6 Å². The normalized spacial score (nSPS) is 11.6. The molecule has 0 spiro atoms. The molecule has 0 saturated carbocycles. The van der Waals surface area contributed by atoms with Gasteiger partial charge in [-0.3, -0.25) is 4.79 Å². The van der Waals surface area contributed by atoms with E-state index in [0.29, 0.717) is 92.4 Å². The van der Waals surface area contributed by atoms with Crippen molar-refractivity contribution in [2.24, 2.45) is 0 Å². The van der Waals surface area contributed by atoms with Crippen molar-refractivity contribution in [3.05, 3.63) is 12.7 Å². The lowest BCUT2D eigenvalue weighted by atomic mass is 10.0. The second-order valence-corrected chi connectivity index (χ2v) is 7.53. The van der Waals surface area contributed by atoms with Crippen LogP contribution in [0.3, 0.4) is 0 Å². The lowest BCUT2D eigenvalue weighted by Gasteiger charge is -2.24. The molecule has 0 fully saturated rings. The van der Waals surface area contributed by atoms with Crippen LogP contribution in [-0.2, 0) is 38.0 Å². The lowest BCUT2D eigenvalue weighted by molar-refractivity contribution is -0.116. The Morgan fingerprint density at radius 3 is 1.47 bits per heavy atom. The maximum absolute atomic E-state index is 10.9. The minimum absolute atomic E-state index is 0.0783. The number of carbonyl (C=O) groups is 1. The third-order valence-electron chi connectivity index (χ3n) is 4.16. The van der Waals surface area contributed by atoms with Crippen LogP contribution in [-0.4, -0.2) is 104 Å². The highest BCUT2D eigenvalue weighted by atomic mass is 16.6. The van der Waals surface area contributed by atoms with Gasteiger partial charge in [-0.05, 0) is 26.3 Å². The summed E-state index contributed by atoms with van der Waals surface area (Å²) in [4.78, 5) is 10.9. The highest BCUT2D eigenvalue weighted by molar-refractivity contribution is 5.86. The van der Waals surface area contributed by atoms with E-state index in [4.69, 9.17) is 33.2 Å². The van der Waals surface area contributed by atoms with Gasteiger partial charge >= 0.3 is 0 Å². The summed E-state index contributed by atoms with van der Waals surface area (Å²) in [5, 5.41) is 2.63. The van der Waals surface area contributed by atoms with Crippen molar-refractivity contribution >= 4 is 5.91 Å². The van der Waals surface area contributed by atoms with Crippen molar-refractivity contribution in [1.82, 2.24) is 5.32 Å².